The number of rotatable bonds is 12. The van der Waals surface area contributed by atoms with Gasteiger partial charge in [0.15, 0.2) is 5.72 Å². The Morgan fingerprint density at radius 2 is 1.62 bits per heavy atom. The van der Waals surface area contributed by atoms with Crippen molar-refractivity contribution in [2.24, 2.45) is 5.73 Å². The summed E-state index contributed by atoms with van der Waals surface area (Å²) < 4.78 is 15.9. The largest absolute Gasteiger partial charge is 0.481 e. The number of fused-ring (bicyclic) bond motifs is 3. The topological polar surface area (TPSA) is 140 Å². The average Bonchev–Trinajstić information content (AvgIpc) is 3.10. The van der Waals surface area contributed by atoms with E-state index in [0.717, 1.165) is 11.1 Å². The van der Waals surface area contributed by atoms with Crippen molar-refractivity contribution in [1.29, 1.82) is 0 Å². The number of nitrogens with one attached hydrogen (secondary N) is 1. The zero-order valence-electron chi connectivity index (χ0n) is 17.7. The highest BCUT2D eigenvalue weighted by Crippen LogP contribution is 2.44. The highest BCUT2D eigenvalue weighted by atomic mass is 16.6. The Kier molecular flexibility index (Phi) is 8.18. The number of alkyl carbamates (subject to hydrolysis) is 1. The molecule has 0 saturated heterocycles. The first-order valence-corrected chi connectivity index (χ1v) is 10.4. The Morgan fingerprint density at radius 1 is 1.00 bits per heavy atom. The van der Waals surface area contributed by atoms with E-state index >= 15 is 0 Å². The van der Waals surface area contributed by atoms with E-state index in [9.17, 15) is 9.59 Å². The highest BCUT2D eigenvalue weighted by molar-refractivity contribution is 5.79. The van der Waals surface area contributed by atoms with Gasteiger partial charge in [-0.15, -0.1) is 0 Å². The van der Waals surface area contributed by atoms with E-state index < -0.39 is 30.8 Å². The summed E-state index contributed by atoms with van der Waals surface area (Å²) in [6.07, 6.45) is -1.05. The van der Waals surface area contributed by atoms with E-state index in [4.69, 9.17) is 30.2 Å². The highest BCUT2D eigenvalue weighted by Gasteiger charge is 2.29. The van der Waals surface area contributed by atoms with E-state index in [1.165, 1.54) is 11.1 Å². The molecule has 9 nitrogen and oxygen atoms in total. The third-order valence-electron chi connectivity index (χ3n) is 5.19. The molecular weight excluding hydrogens is 416 g/mol. The van der Waals surface area contributed by atoms with E-state index in [0.29, 0.717) is 0 Å². The number of benzene rings is 2. The van der Waals surface area contributed by atoms with Gasteiger partial charge in [-0.2, -0.15) is 0 Å². The monoisotopic (exact) mass is 444 g/mol. The number of hydrogen-bond acceptors (Lipinski definition) is 7. The van der Waals surface area contributed by atoms with Crippen molar-refractivity contribution < 1.29 is 34.0 Å². The normalized spacial score (nSPS) is 14.3. The van der Waals surface area contributed by atoms with Gasteiger partial charge in [0.1, 0.15) is 6.61 Å². The fourth-order valence-electron chi connectivity index (χ4n) is 3.69. The lowest BCUT2D eigenvalue weighted by Crippen LogP contribution is -2.48. The van der Waals surface area contributed by atoms with Crippen LogP contribution in [0, 0.1) is 0 Å². The van der Waals surface area contributed by atoms with Crippen LogP contribution in [-0.2, 0) is 19.0 Å². The molecule has 1 atom stereocenters. The number of amides is 1. The second-order valence-electron chi connectivity index (χ2n) is 7.51. The van der Waals surface area contributed by atoms with Crippen LogP contribution in [0.3, 0.4) is 0 Å². The van der Waals surface area contributed by atoms with Crippen LogP contribution in [0.15, 0.2) is 48.5 Å². The molecule has 3 rings (SSSR count). The summed E-state index contributed by atoms with van der Waals surface area (Å²) in [5.74, 6) is -1.18. The standard InChI is InChI=1S/C23H28N2O7/c24-23(15-26,13-21(27)28)32-12-11-30-10-9-25-22(29)31-14-20-18-7-3-1-5-16(18)17-6-2-4-8-19(17)20/h1-8,20,26H,9-15,24H2,(H,25,29)(H,27,28). The van der Waals surface area contributed by atoms with Gasteiger partial charge in [0.2, 0.25) is 0 Å². The first-order chi connectivity index (χ1) is 15.4. The molecule has 0 bridgehead atoms. The van der Waals surface area contributed by atoms with Crippen LogP contribution in [0.25, 0.3) is 11.1 Å². The maximum absolute atomic E-state index is 12.1. The summed E-state index contributed by atoms with van der Waals surface area (Å²) >= 11 is 0. The molecule has 0 heterocycles. The number of nitrogens with two attached hydrogens (primary N) is 1. The van der Waals surface area contributed by atoms with Gasteiger partial charge in [-0.3, -0.25) is 4.79 Å². The molecular formula is C23H28N2O7. The van der Waals surface area contributed by atoms with Crippen molar-refractivity contribution in [3.63, 3.8) is 0 Å². The molecule has 0 aromatic heterocycles. The fourth-order valence-corrected chi connectivity index (χ4v) is 3.69. The average molecular weight is 444 g/mol. The Morgan fingerprint density at radius 3 is 2.22 bits per heavy atom. The molecule has 172 valence electrons. The van der Waals surface area contributed by atoms with Crippen LogP contribution < -0.4 is 11.1 Å². The second-order valence-corrected chi connectivity index (χ2v) is 7.51. The smallest absolute Gasteiger partial charge is 0.407 e. The lowest BCUT2D eigenvalue weighted by atomic mass is 9.98. The minimum Gasteiger partial charge on any atom is -0.481 e. The Hall–Kier alpha value is -2.98. The lowest BCUT2D eigenvalue weighted by Gasteiger charge is -2.25. The summed E-state index contributed by atoms with van der Waals surface area (Å²) in [7, 11) is 0. The quantitative estimate of drug-likeness (QED) is 0.286. The van der Waals surface area contributed by atoms with Gasteiger partial charge in [0, 0.05) is 12.5 Å². The molecule has 1 amide bonds. The van der Waals surface area contributed by atoms with Gasteiger partial charge >= 0.3 is 12.1 Å². The third kappa shape index (κ3) is 6.04. The SMILES string of the molecule is NC(CO)(CC(=O)O)OCCOCCNC(=O)OCC1c2ccccc2-c2ccccc21. The summed E-state index contributed by atoms with van der Waals surface area (Å²) in [5, 5.41) is 20.5. The Bertz CT molecular complexity index is 891. The van der Waals surface area contributed by atoms with Crippen molar-refractivity contribution >= 4 is 12.1 Å². The first kappa shape index (κ1) is 23.7. The van der Waals surface area contributed by atoms with Crippen molar-refractivity contribution in [3.8, 4) is 11.1 Å². The molecule has 0 radical (unpaired) electrons. The zero-order valence-corrected chi connectivity index (χ0v) is 17.7. The van der Waals surface area contributed by atoms with Gasteiger partial charge in [-0.1, -0.05) is 48.5 Å². The van der Waals surface area contributed by atoms with Crippen LogP contribution in [-0.4, -0.2) is 67.6 Å². The Labute approximate surface area is 186 Å². The first-order valence-electron chi connectivity index (χ1n) is 10.4. The second kappa shape index (κ2) is 11.1. The van der Waals surface area contributed by atoms with Crippen molar-refractivity contribution in [2.75, 3.05) is 39.6 Å². The van der Waals surface area contributed by atoms with Crippen LogP contribution in [0.1, 0.15) is 23.5 Å². The predicted octanol–water partition coefficient (Wildman–Crippen LogP) is 1.68. The molecule has 2 aromatic rings. The molecule has 1 aliphatic rings. The molecule has 9 heteroatoms. The zero-order chi connectivity index (χ0) is 23.0. The van der Waals surface area contributed by atoms with Gasteiger partial charge in [-0.05, 0) is 22.3 Å². The molecule has 2 aromatic carbocycles. The van der Waals surface area contributed by atoms with E-state index in [1.54, 1.807) is 0 Å². The number of ether oxygens (including phenoxy) is 3. The molecule has 0 spiro atoms. The molecule has 0 fully saturated rings. The molecule has 5 N–H and O–H groups in total. The summed E-state index contributed by atoms with van der Waals surface area (Å²) in [4.78, 5) is 22.8. The number of carbonyl (C=O) groups excluding carboxylic acids is 1. The molecule has 1 aliphatic carbocycles. The minimum atomic E-state index is -1.64. The lowest BCUT2D eigenvalue weighted by molar-refractivity contribution is -0.150. The maximum Gasteiger partial charge on any atom is 0.407 e. The number of carbonyl (C=O) groups is 2. The van der Waals surface area contributed by atoms with E-state index in [-0.39, 0.29) is 38.9 Å². The predicted molar refractivity (Wildman–Crippen MR) is 116 cm³/mol. The molecule has 1 unspecified atom stereocenters. The number of hydrogen-bond donors (Lipinski definition) is 4. The van der Waals surface area contributed by atoms with Gasteiger partial charge in [0.25, 0.3) is 0 Å². The molecule has 0 saturated carbocycles. The van der Waals surface area contributed by atoms with Crippen molar-refractivity contribution in [1.82, 2.24) is 5.32 Å². The van der Waals surface area contributed by atoms with Crippen molar-refractivity contribution in [2.45, 2.75) is 18.1 Å². The van der Waals surface area contributed by atoms with Crippen LogP contribution in [0.5, 0.6) is 0 Å². The fraction of sp³-hybridized carbons (Fsp3) is 0.391. The summed E-state index contributed by atoms with van der Waals surface area (Å²) in [6.45, 7) is 0.198. The third-order valence-corrected chi connectivity index (χ3v) is 5.19. The van der Waals surface area contributed by atoms with Crippen LogP contribution >= 0.6 is 0 Å². The van der Waals surface area contributed by atoms with Crippen molar-refractivity contribution in [3.05, 3.63) is 59.7 Å². The van der Waals surface area contributed by atoms with Gasteiger partial charge in [0.05, 0.1) is 32.8 Å². The van der Waals surface area contributed by atoms with Gasteiger partial charge in [-0.25, -0.2) is 4.79 Å². The Balaban J connectivity index is 1.35. The molecule has 0 aliphatic heterocycles. The number of aliphatic hydroxyl groups excluding tert-OH is 1. The molecule has 32 heavy (non-hydrogen) atoms. The minimum absolute atomic E-state index is 0.00425. The summed E-state index contributed by atoms with van der Waals surface area (Å²) in [6, 6.07) is 16.2. The van der Waals surface area contributed by atoms with Crippen LogP contribution in [0.2, 0.25) is 0 Å². The van der Waals surface area contributed by atoms with E-state index in [1.807, 2.05) is 24.3 Å². The summed E-state index contributed by atoms with van der Waals surface area (Å²) in [5.41, 5.74) is 8.62. The van der Waals surface area contributed by atoms with Crippen LogP contribution in [0.4, 0.5) is 4.79 Å². The maximum atomic E-state index is 12.1. The number of carboxylic acid groups (broad SMARTS) is 1. The number of aliphatic hydroxyl groups is 1. The van der Waals surface area contributed by atoms with Gasteiger partial charge < -0.3 is 35.5 Å². The van der Waals surface area contributed by atoms with E-state index in [2.05, 4.69) is 29.6 Å². The number of aliphatic carboxylic acids is 1. The number of carboxylic acids is 1.